The first-order valence-corrected chi connectivity index (χ1v) is 7.20. The number of carbonyl (C=O) groups excluding carboxylic acids is 1. The van der Waals surface area contributed by atoms with Crippen molar-refractivity contribution in [2.45, 2.75) is 19.3 Å². The maximum absolute atomic E-state index is 12.9. The number of benzene rings is 2. The summed E-state index contributed by atoms with van der Waals surface area (Å²) in [4.78, 5) is 12.9. The van der Waals surface area contributed by atoms with Gasteiger partial charge in [0.05, 0.1) is 12.5 Å². The van der Waals surface area contributed by atoms with Gasteiger partial charge in [-0.25, -0.2) is 0 Å². The van der Waals surface area contributed by atoms with Gasteiger partial charge in [0.1, 0.15) is 11.3 Å². The van der Waals surface area contributed by atoms with Crippen LogP contribution in [0.5, 0.6) is 5.75 Å². The average Bonchev–Trinajstić information content (AvgIpc) is 2.97. The maximum atomic E-state index is 12.9. The number of carbonyl (C=O) groups is 1. The van der Waals surface area contributed by atoms with Crippen molar-refractivity contribution < 1.29 is 13.9 Å². The largest absolute Gasteiger partial charge is 0.497 e. The van der Waals surface area contributed by atoms with E-state index < -0.39 is 5.41 Å². The van der Waals surface area contributed by atoms with Gasteiger partial charge in [-0.2, -0.15) is 0 Å². The second-order valence-electron chi connectivity index (χ2n) is 5.83. The van der Waals surface area contributed by atoms with Gasteiger partial charge in [0.2, 0.25) is 5.78 Å². The molecule has 112 valence electrons. The van der Waals surface area contributed by atoms with Crippen LogP contribution in [0.1, 0.15) is 30.0 Å². The van der Waals surface area contributed by atoms with Crippen LogP contribution in [0.15, 0.2) is 59.0 Å². The maximum Gasteiger partial charge on any atom is 0.207 e. The molecule has 0 atom stereocenters. The third-order valence-electron chi connectivity index (χ3n) is 4.01. The van der Waals surface area contributed by atoms with E-state index in [1.807, 2.05) is 56.3 Å². The van der Waals surface area contributed by atoms with Gasteiger partial charge in [-0.15, -0.1) is 0 Å². The van der Waals surface area contributed by atoms with E-state index in [4.69, 9.17) is 9.15 Å². The Balaban J connectivity index is 2.01. The Hall–Kier alpha value is -2.55. The van der Waals surface area contributed by atoms with Crippen molar-refractivity contribution in [3.05, 3.63) is 65.9 Å². The molecule has 1 heterocycles. The van der Waals surface area contributed by atoms with Crippen LogP contribution >= 0.6 is 0 Å². The molecule has 0 aliphatic carbocycles. The van der Waals surface area contributed by atoms with E-state index in [0.29, 0.717) is 17.1 Å². The molecule has 0 aliphatic rings. The standard InChI is InChI=1S/C19H18O3/c1-19(2,14-7-5-4-6-8-14)18(20)17-11-13-9-10-15(21-3)12-16(13)22-17/h4-12H,1-3H3. The lowest BCUT2D eigenvalue weighted by Crippen LogP contribution is -2.28. The Morgan fingerprint density at radius 1 is 1.05 bits per heavy atom. The van der Waals surface area contributed by atoms with E-state index in [-0.39, 0.29) is 5.78 Å². The van der Waals surface area contributed by atoms with Crippen molar-refractivity contribution in [2.75, 3.05) is 7.11 Å². The Labute approximate surface area is 129 Å². The van der Waals surface area contributed by atoms with Gasteiger partial charge < -0.3 is 9.15 Å². The molecule has 0 amide bonds. The third-order valence-corrected chi connectivity index (χ3v) is 4.01. The molecule has 0 unspecified atom stereocenters. The predicted molar refractivity (Wildman–Crippen MR) is 86.6 cm³/mol. The minimum Gasteiger partial charge on any atom is -0.497 e. The molecule has 0 saturated carbocycles. The van der Waals surface area contributed by atoms with Crippen LogP contribution in [0.25, 0.3) is 11.0 Å². The molecule has 0 fully saturated rings. The molecule has 3 nitrogen and oxygen atoms in total. The zero-order chi connectivity index (χ0) is 15.7. The predicted octanol–water partition coefficient (Wildman–Crippen LogP) is 4.60. The smallest absolute Gasteiger partial charge is 0.207 e. The highest BCUT2D eigenvalue weighted by Gasteiger charge is 2.32. The molecular formula is C19H18O3. The van der Waals surface area contributed by atoms with Gasteiger partial charge in [-0.1, -0.05) is 30.3 Å². The summed E-state index contributed by atoms with van der Waals surface area (Å²) in [6.45, 7) is 3.83. The molecule has 0 spiro atoms. The zero-order valence-electron chi connectivity index (χ0n) is 12.9. The van der Waals surface area contributed by atoms with Crippen LogP contribution in [-0.4, -0.2) is 12.9 Å². The molecular weight excluding hydrogens is 276 g/mol. The van der Waals surface area contributed by atoms with Gasteiger partial charge in [-0.05, 0) is 37.6 Å². The number of hydrogen-bond donors (Lipinski definition) is 0. The topological polar surface area (TPSA) is 39.4 Å². The number of ether oxygens (including phenoxy) is 1. The monoisotopic (exact) mass is 294 g/mol. The molecule has 0 aliphatic heterocycles. The highest BCUT2D eigenvalue weighted by Crippen LogP contribution is 2.31. The SMILES string of the molecule is COc1ccc2cc(C(=O)C(C)(C)c3ccccc3)oc2c1. The fourth-order valence-electron chi connectivity index (χ4n) is 2.54. The lowest BCUT2D eigenvalue weighted by atomic mass is 9.80. The summed E-state index contributed by atoms with van der Waals surface area (Å²) < 4.78 is 10.9. The molecule has 3 aromatic rings. The molecule has 0 bridgehead atoms. The number of hydrogen-bond acceptors (Lipinski definition) is 3. The quantitative estimate of drug-likeness (QED) is 0.660. The highest BCUT2D eigenvalue weighted by atomic mass is 16.5. The molecule has 0 saturated heterocycles. The zero-order valence-corrected chi connectivity index (χ0v) is 12.9. The molecule has 0 radical (unpaired) electrons. The van der Waals surface area contributed by atoms with Crippen molar-refractivity contribution >= 4 is 16.8 Å². The fraction of sp³-hybridized carbons (Fsp3) is 0.211. The van der Waals surface area contributed by atoms with E-state index in [9.17, 15) is 4.79 Å². The highest BCUT2D eigenvalue weighted by molar-refractivity contribution is 6.04. The second kappa shape index (κ2) is 5.34. The Kier molecular flexibility index (Phi) is 3.49. The normalized spacial score (nSPS) is 11.6. The summed E-state index contributed by atoms with van der Waals surface area (Å²) in [7, 11) is 1.61. The fourth-order valence-corrected chi connectivity index (χ4v) is 2.54. The van der Waals surface area contributed by atoms with Crippen molar-refractivity contribution in [2.24, 2.45) is 0 Å². The summed E-state index contributed by atoms with van der Waals surface area (Å²) >= 11 is 0. The van der Waals surface area contributed by atoms with Gasteiger partial charge >= 0.3 is 0 Å². The van der Waals surface area contributed by atoms with Crippen molar-refractivity contribution in [3.63, 3.8) is 0 Å². The molecule has 1 aromatic heterocycles. The minimum atomic E-state index is -0.640. The Bertz CT molecular complexity index is 813. The lowest BCUT2D eigenvalue weighted by molar-refractivity contribution is 0.0882. The summed E-state index contributed by atoms with van der Waals surface area (Å²) in [5, 5.41) is 0.896. The Morgan fingerprint density at radius 2 is 1.77 bits per heavy atom. The summed E-state index contributed by atoms with van der Waals surface area (Å²) in [5.41, 5.74) is 0.990. The summed E-state index contributed by atoms with van der Waals surface area (Å²) in [5.74, 6) is 1.05. The number of rotatable bonds is 4. The average molecular weight is 294 g/mol. The van der Waals surface area contributed by atoms with E-state index in [2.05, 4.69) is 0 Å². The van der Waals surface area contributed by atoms with Gasteiger partial charge in [-0.3, -0.25) is 4.79 Å². The van der Waals surface area contributed by atoms with Crippen LogP contribution in [0.3, 0.4) is 0 Å². The number of methoxy groups -OCH3 is 1. The number of Topliss-reactive ketones (excluding diaryl/α,β-unsaturated/α-hetero) is 1. The van der Waals surface area contributed by atoms with E-state index >= 15 is 0 Å². The minimum absolute atomic E-state index is 0.0335. The lowest BCUT2D eigenvalue weighted by Gasteiger charge is -2.22. The van der Waals surface area contributed by atoms with Crippen LogP contribution in [0.2, 0.25) is 0 Å². The van der Waals surface area contributed by atoms with Crippen molar-refractivity contribution in [1.82, 2.24) is 0 Å². The first-order valence-electron chi connectivity index (χ1n) is 7.20. The van der Waals surface area contributed by atoms with Gasteiger partial charge in [0.25, 0.3) is 0 Å². The number of fused-ring (bicyclic) bond motifs is 1. The molecule has 22 heavy (non-hydrogen) atoms. The Morgan fingerprint density at radius 3 is 2.45 bits per heavy atom. The van der Waals surface area contributed by atoms with E-state index in [0.717, 1.165) is 10.9 Å². The van der Waals surface area contributed by atoms with Gasteiger partial charge in [0.15, 0.2) is 5.76 Å². The number of furan rings is 1. The van der Waals surface area contributed by atoms with Crippen molar-refractivity contribution in [3.8, 4) is 5.75 Å². The number of ketones is 1. The van der Waals surface area contributed by atoms with Crippen molar-refractivity contribution in [1.29, 1.82) is 0 Å². The first kappa shape index (κ1) is 14.4. The summed E-state index contributed by atoms with van der Waals surface area (Å²) in [6.07, 6.45) is 0. The van der Waals surface area contributed by atoms with E-state index in [1.165, 1.54) is 0 Å². The molecule has 0 N–H and O–H groups in total. The second-order valence-corrected chi connectivity index (χ2v) is 5.83. The summed E-state index contributed by atoms with van der Waals surface area (Å²) in [6, 6.07) is 17.1. The van der Waals surface area contributed by atoms with Gasteiger partial charge in [0, 0.05) is 11.5 Å². The molecule has 2 aromatic carbocycles. The molecule has 3 heteroatoms. The van der Waals surface area contributed by atoms with Crippen LogP contribution in [-0.2, 0) is 5.41 Å². The van der Waals surface area contributed by atoms with Crippen LogP contribution in [0, 0.1) is 0 Å². The first-order chi connectivity index (χ1) is 10.5. The van der Waals surface area contributed by atoms with Crippen LogP contribution < -0.4 is 4.74 Å². The van der Waals surface area contributed by atoms with E-state index in [1.54, 1.807) is 19.2 Å². The molecule has 3 rings (SSSR count). The third kappa shape index (κ3) is 2.39. The van der Waals surface area contributed by atoms with Crippen LogP contribution in [0.4, 0.5) is 0 Å².